The van der Waals surface area contributed by atoms with Crippen LogP contribution in [0.2, 0.25) is 0 Å². The summed E-state index contributed by atoms with van der Waals surface area (Å²) in [5.74, 6) is 0.792. The monoisotopic (exact) mass is 315 g/mol. The largest absolute Gasteiger partial charge is 0.496 e. The number of nitrogens with one attached hydrogen (secondary N) is 1. The van der Waals surface area contributed by atoms with E-state index in [1.165, 1.54) is 0 Å². The normalized spacial score (nSPS) is 12.2. The molecule has 18 heavy (non-hydrogen) atoms. The molecule has 0 spiro atoms. The van der Waals surface area contributed by atoms with Crippen LogP contribution in [0.15, 0.2) is 22.7 Å². The lowest BCUT2D eigenvalue weighted by molar-refractivity contribution is -0.110. The lowest BCUT2D eigenvalue weighted by Gasteiger charge is -2.13. The maximum atomic E-state index is 10.8. The third kappa shape index (κ3) is 4.76. The molecule has 0 saturated heterocycles. The van der Waals surface area contributed by atoms with Crippen LogP contribution in [-0.2, 0) is 16.1 Å². The molecule has 0 aliphatic rings. The number of carbonyl (C=O) groups is 1. The Labute approximate surface area is 116 Å². The maximum Gasteiger partial charge on any atom is 0.139 e. The van der Waals surface area contributed by atoms with Crippen molar-refractivity contribution >= 4 is 22.2 Å². The molecule has 0 aliphatic carbocycles. The molecule has 0 aliphatic heterocycles. The van der Waals surface area contributed by atoms with Crippen LogP contribution < -0.4 is 10.1 Å². The summed E-state index contributed by atoms with van der Waals surface area (Å²) < 4.78 is 11.3. The molecule has 1 rings (SSSR count). The van der Waals surface area contributed by atoms with Gasteiger partial charge in [0.25, 0.3) is 0 Å². The van der Waals surface area contributed by atoms with Gasteiger partial charge in [-0.3, -0.25) is 0 Å². The molecule has 1 N–H and O–H groups in total. The van der Waals surface area contributed by atoms with Gasteiger partial charge in [-0.15, -0.1) is 0 Å². The van der Waals surface area contributed by atoms with Crippen LogP contribution in [0.25, 0.3) is 0 Å². The van der Waals surface area contributed by atoms with Crippen molar-refractivity contribution in [1.29, 1.82) is 0 Å². The molecule has 1 aromatic rings. The summed E-state index contributed by atoms with van der Waals surface area (Å²) in [5.41, 5.74) is 1.08. The van der Waals surface area contributed by atoms with Crippen LogP contribution >= 0.6 is 15.9 Å². The van der Waals surface area contributed by atoms with E-state index >= 15 is 0 Å². The van der Waals surface area contributed by atoms with Gasteiger partial charge in [-0.25, -0.2) is 0 Å². The van der Waals surface area contributed by atoms with E-state index < -0.39 is 0 Å². The highest BCUT2D eigenvalue weighted by Gasteiger charge is 2.07. The van der Waals surface area contributed by atoms with Crippen LogP contribution in [0.1, 0.15) is 12.5 Å². The number of hydrogen-bond donors (Lipinski definition) is 1. The zero-order valence-electron chi connectivity index (χ0n) is 10.6. The number of hydrogen-bond acceptors (Lipinski definition) is 4. The highest BCUT2D eigenvalue weighted by atomic mass is 79.9. The van der Waals surface area contributed by atoms with Crippen molar-refractivity contribution in [1.82, 2.24) is 5.32 Å². The molecule has 100 valence electrons. The minimum Gasteiger partial charge on any atom is -0.496 e. The Hall–Kier alpha value is -0.910. The number of methoxy groups -OCH3 is 1. The SMILES string of the molecule is CCOCC(C=O)NCc1ccc(OC)c(Br)c1. The molecule has 1 unspecified atom stereocenters. The second-order valence-electron chi connectivity index (χ2n) is 3.75. The maximum absolute atomic E-state index is 10.8. The first-order chi connectivity index (χ1) is 8.71. The van der Waals surface area contributed by atoms with Crippen LogP contribution in [0, 0.1) is 0 Å². The second kappa shape index (κ2) is 8.24. The van der Waals surface area contributed by atoms with E-state index in [-0.39, 0.29) is 6.04 Å². The van der Waals surface area contributed by atoms with Gasteiger partial charge in [0.2, 0.25) is 0 Å². The Morgan fingerprint density at radius 2 is 2.28 bits per heavy atom. The summed E-state index contributed by atoms with van der Waals surface area (Å²) in [6.07, 6.45) is 0.869. The Kier molecular flexibility index (Phi) is 6.93. The fourth-order valence-corrected chi connectivity index (χ4v) is 2.05. The minimum atomic E-state index is -0.272. The Morgan fingerprint density at radius 1 is 1.50 bits per heavy atom. The number of rotatable bonds is 8. The average Bonchev–Trinajstić information content (AvgIpc) is 2.39. The van der Waals surface area contributed by atoms with Gasteiger partial charge >= 0.3 is 0 Å². The molecule has 1 aromatic carbocycles. The molecule has 0 radical (unpaired) electrons. The van der Waals surface area contributed by atoms with Crippen molar-refractivity contribution in [3.63, 3.8) is 0 Å². The first-order valence-electron chi connectivity index (χ1n) is 5.80. The average molecular weight is 316 g/mol. The topological polar surface area (TPSA) is 47.6 Å². The lowest BCUT2D eigenvalue weighted by Crippen LogP contribution is -2.34. The molecule has 0 aromatic heterocycles. The van der Waals surface area contributed by atoms with Crippen molar-refractivity contribution in [2.45, 2.75) is 19.5 Å². The van der Waals surface area contributed by atoms with Crippen molar-refractivity contribution in [3.05, 3.63) is 28.2 Å². The molecule has 5 heteroatoms. The summed E-state index contributed by atoms with van der Waals surface area (Å²) in [6, 6.07) is 5.54. The summed E-state index contributed by atoms with van der Waals surface area (Å²) >= 11 is 3.43. The zero-order valence-corrected chi connectivity index (χ0v) is 12.2. The third-order valence-electron chi connectivity index (χ3n) is 2.45. The van der Waals surface area contributed by atoms with Gasteiger partial charge < -0.3 is 19.6 Å². The highest BCUT2D eigenvalue weighted by Crippen LogP contribution is 2.25. The van der Waals surface area contributed by atoms with Crippen molar-refractivity contribution in [3.8, 4) is 5.75 Å². The Morgan fingerprint density at radius 3 is 2.83 bits per heavy atom. The number of benzene rings is 1. The smallest absolute Gasteiger partial charge is 0.139 e. The molecule has 4 nitrogen and oxygen atoms in total. The third-order valence-corrected chi connectivity index (χ3v) is 3.07. The Balaban J connectivity index is 2.51. The molecule has 0 heterocycles. The van der Waals surface area contributed by atoms with Crippen LogP contribution in [-0.4, -0.2) is 32.7 Å². The molecular formula is C13H18BrNO3. The van der Waals surface area contributed by atoms with Gasteiger partial charge in [-0.2, -0.15) is 0 Å². The van der Waals surface area contributed by atoms with Crippen LogP contribution in [0.3, 0.4) is 0 Å². The molecule has 0 fully saturated rings. The number of aldehydes is 1. The van der Waals surface area contributed by atoms with Gasteiger partial charge in [-0.05, 0) is 40.5 Å². The molecule has 0 bridgehead atoms. The first-order valence-corrected chi connectivity index (χ1v) is 6.59. The van der Waals surface area contributed by atoms with Gasteiger partial charge in [0.05, 0.1) is 24.2 Å². The highest BCUT2D eigenvalue weighted by molar-refractivity contribution is 9.10. The molecule has 0 amide bonds. The van der Waals surface area contributed by atoms with Gasteiger partial charge in [0, 0.05) is 13.2 Å². The molecule has 1 atom stereocenters. The fourth-order valence-electron chi connectivity index (χ4n) is 1.46. The fraction of sp³-hybridized carbons (Fsp3) is 0.462. The van der Waals surface area contributed by atoms with E-state index in [2.05, 4.69) is 21.2 Å². The van der Waals surface area contributed by atoms with E-state index in [4.69, 9.17) is 9.47 Å². The van der Waals surface area contributed by atoms with Crippen molar-refractivity contribution < 1.29 is 14.3 Å². The van der Waals surface area contributed by atoms with E-state index in [0.717, 1.165) is 22.1 Å². The summed E-state index contributed by atoms with van der Waals surface area (Å²) in [4.78, 5) is 10.8. The number of carbonyl (C=O) groups excluding carboxylic acids is 1. The number of halogens is 1. The standard InChI is InChI=1S/C13H18BrNO3/c1-3-18-9-11(8-16)15-7-10-4-5-13(17-2)12(14)6-10/h4-6,8,11,15H,3,7,9H2,1-2H3. The summed E-state index contributed by atoms with van der Waals surface area (Å²) in [6.45, 7) is 3.53. The predicted molar refractivity (Wildman–Crippen MR) is 73.9 cm³/mol. The van der Waals surface area contributed by atoms with Gasteiger partial charge in [0.1, 0.15) is 12.0 Å². The van der Waals surface area contributed by atoms with E-state index in [1.807, 2.05) is 25.1 Å². The van der Waals surface area contributed by atoms with Crippen LogP contribution in [0.4, 0.5) is 0 Å². The summed E-state index contributed by atoms with van der Waals surface area (Å²) in [7, 11) is 1.63. The Bertz CT molecular complexity index is 384. The zero-order chi connectivity index (χ0) is 13.4. The number of ether oxygens (including phenoxy) is 2. The van der Waals surface area contributed by atoms with Crippen molar-refractivity contribution in [2.75, 3.05) is 20.3 Å². The van der Waals surface area contributed by atoms with Crippen molar-refractivity contribution in [2.24, 2.45) is 0 Å². The first kappa shape index (κ1) is 15.1. The summed E-state index contributed by atoms with van der Waals surface area (Å²) in [5, 5.41) is 3.13. The predicted octanol–water partition coefficient (Wildman–Crippen LogP) is 2.15. The van der Waals surface area contributed by atoms with E-state index in [9.17, 15) is 4.79 Å². The van der Waals surface area contributed by atoms with Gasteiger partial charge in [0.15, 0.2) is 0 Å². The quantitative estimate of drug-likeness (QED) is 0.747. The lowest BCUT2D eigenvalue weighted by atomic mass is 10.2. The van der Waals surface area contributed by atoms with Crippen LogP contribution in [0.5, 0.6) is 5.75 Å². The van der Waals surface area contributed by atoms with Gasteiger partial charge in [-0.1, -0.05) is 6.07 Å². The molecular weight excluding hydrogens is 298 g/mol. The molecule has 0 saturated carbocycles. The minimum absolute atomic E-state index is 0.272. The second-order valence-corrected chi connectivity index (χ2v) is 4.61. The van der Waals surface area contributed by atoms with E-state index in [1.54, 1.807) is 7.11 Å². The van der Waals surface area contributed by atoms with E-state index in [0.29, 0.717) is 19.8 Å².